The average molecular weight is 327 g/mol. The van der Waals surface area contributed by atoms with Gasteiger partial charge in [-0.1, -0.05) is 19.4 Å². The van der Waals surface area contributed by atoms with Crippen molar-refractivity contribution in [3.63, 3.8) is 0 Å². The number of aromatic hydroxyl groups is 1. The Hall–Kier alpha value is -2.82. The van der Waals surface area contributed by atoms with Crippen molar-refractivity contribution in [2.24, 2.45) is 0 Å². The van der Waals surface area contributed by atoms with Gasteiger partial charge in [0.2, 0.25) is 5.88 Å². The second-order valence-corrected chi connectivity index (χ2v) is 5.33. The highest BCUT2D eigenvalue weighted by Crippen LogP contribution is 2.24. The summed E-state index contributed by atoms with van der Waals surface area (Å²) in [7, 11) is 0. The highest BCUT2D eigenvalue weighted by Gasteiger charge is 2.03. The molecule has 0 fully saturated rings. The number of aryl methyl sites for hydroxylation is 1. The van der Waals surface area contributed by atoms with Crippen molar-refractivity contribution in [2.75, 3.05) is 6.61 Å². The van der Waals surface area contributed by atoms with Crippen molar-refractivity contribution in [1.29, 1.82) is 0 Å². The van der Waals surface area contributed by atoms with Crippen LogP contribution in [0, 0.1) is 6.92 Å². The van der Waals surface area contributed by atoms with E-state index in [9.17, 15) is 9.90 Å². The Labute approximate surface area is 141 Å². The number of esters is 1. The summed E-state index contributed by atoms with van der Waals surface area (Å²) >= 11 is 0. The number of pyridine rings is 1. The minimum Gasteiger partial charge on any atom is -0.506 e. The lowest BCUT2D eigenvalue weighted by molar-refractivity contribution is -0.137. The number of hydrogen-bond donors (Lipinski definition) is 1. The normalized spacial score (nSPS) is 10.8. The molecule has 5 heteroatoms. The first-order valence-corrected chi connectivity index (χ1v) is 7.87. The third-order valence-electron chi connectivity index (χ3n) is 3.33. The Bertz CT molecular complexity index is 708. The maximum Gasteiger partial charge on any atom is 0.330 e. The van der Waals surface area contributed by atoms with Gasteiger partial charge >= 0.3 is 5.97 Å². The molecule has 126 valence electrons. The first kappa shape index (κ1) is 17.5. The number of rotatable bonds is 7. The zero-order valence-electron chi connectivity index (χ0n) is 13.9. The molecule has 1 aromatic carbocycles. The van der Waals surface area contributed by atoms with E-state index in [1.54, 1.807) is 18.2 Å². The number of benzene rings is 1. The fraction of sp³-hybridized carbons (Fsp3) is 0.263. The van der Waals surface area contributed by atoms with Crippen LogP contribution in [-0.2, 0) is 9.53 Å². The van der Waals surface area contributed by atoms with Gasteiger partial charge in [0.15, 0.2) is 0 Å². The fourth-order valence-corrected chi connectivity index (χ4v) is 1.98. The SMILES string of the molecule is CCCCOC(=O)/C=C/c1ccc(Oc2ccc(O)cn2)cc1C. The van der Waals surface area contributed by atoms with Crippen LogP contribution in [0.15, 0.2) is 42.6 Å². The summed E-state index contributed by atoms with van der Waals surface area (Å²) in [6.45, 7) is 4.43. The molecule has 2 rings (SSSR count). The fourth-order valence-electron chi connectivity index (χ4n) is 1.98. The van der Waals surface area contributed by atoms with Gasteiger partial charge in [-0.25, -0.2) is 9.78 Å². The molecule has 0 aliphatic rings. The van der Waals surface area contributed by atoms with Gasteiger partial charge in [-0.15, -0.1) is 0 Å². The van der Waals surface area contributed by atoms with Crippen LogP contribution < -0.4 is 4.74 Å². The van der Waals surface area contributed by atoms with Gasteiger partial charge in [0.1, 0.15) is 11.5 Å². The van der Waals surface area contributed by atoms with E-state index in [1.165, 1.54) is 18.3 Å². The van der Waals surface area contributed by atoms with E-state index >= 15 is 0 Å². The molecule has 1 aromatic heterocycles. The molecule has 1 heterocycles. The minimum atomic E-state index is -0.337. The van der Waals surface area contributed by atoms with Crippen LogP contribution in [0.2, 0.25) is 0 Å². The number of carbonyl (C=O) groups is 1. The molecule has 0 amide bonds. The first-order chi connectivity index (χ1) is 11.6. The van der Waals surface area contributed by atoms with Crippen LogP contribution in [0.25, 0.3) is 6.08 Å². The zero-order valence-corrected chi connectivity index (χ0v) is 13.9. The smallest absolute Gasteiger partial charge is 0.330 e. The van der Waals surface area contributed by atoms with Crippen LogP contribution in [-0.4, -0.2) is 22.7 Å². The summed E-state index contributed by atoms with van der Waals surface area (Å²) in [6, 6.07) is 8.61. The Kier molecular flexibility index (Phi) is 6.37. The lowest BCUT2D eigenvalue weighted by Crippen LogP contribution is -2.01. The number of aromatic nitrogens is 1. The number of carbonyl (C=O) groups excluding carboxylic acids is 1. The van der Waals surface area contributed by atoms with E-state index in [-0.39, 0.29) is 11.7 Å². The largest absolute Gasteiger partial charge is 0.506 e. The van der Waals surface area contributed by atoms with Crippen LogP contribution in [0.3, 0.4) is 0 Å². The van der Waals surface area contributed by atoms with Crippen LogP contribution >= 0.6 is 0 Å². The molecule has 0 bridgehead atoms. The van der Waals surface area contributed by atoms with E-state index in [0.29, 0.717) is 18.2 Å². The topological polar surface area (TPSA) is 68.7 Å². The lowest BCUT2D eigenvalue weighted by atomic mass is 10.1. The van der Waals surface area contributed by atoms with Gasteiger partial charge in [0, 0.05) is 12.1 Å². The van der Waals surface area contributed by atoms with Crippen LogP contribution in [0.5, 0.6) is 17.4 Å². The van der Waals surface area contributed by atoms with E-state index in [1.807, 2.05) is 26.0 Å². The summed E-state index contributed by atoms with van der Waals surface area (Å²) in [5.74, 6) is 0.782. The maximum absolute atomic E-state index is 11.6. The zero-order chi connectivity index (χ0) is 17.4. The molecule has 0 atom stereocenters. The third-order valence-corrected chi connectivity index (χ3v) is 3.33. The van der Waals surface area contributed by atoms with Gasteiger partial charge in [0.25, 0.3) is 0 Å². The third kappa shape index (κ3) is 5.43. The molecule has 0 spiro atoms. The second kappa shape index (κ2) is 8.72. The Morgan fingerprint density at radius 3 is 2.79 bits per heavy atom. The summed E-state index contributed by atoms with van der Waals surface area (Å²) < 4.78 is 10.7. The van der Waals surface area contributed by atoms with Crippen LogP contribution in [0.4, 0.5) is 0 Å². The highest BCUT2D eigenvalue weighted by molar-refractivity contribution is 5.87. The Morgan fingerprint density at radius 1 is 1.29 bits per heavy atom. The Balaban J connectivity index is 1.98. The van der Waals surface area contributed by atoms with Crippen molar-refractivity contribution >= 4 is 12.0 Å². The Morgan fingerprint density at radius 2 is 2.12 bits per heavy atom. The van der Waals surface area contributed by atoms with Crippen molar-refractivity contribution in [3.8, 4) is 17.4 Å². The van der Waals surface area contributed by atoms with E-state index < -0.39 is 0 Å². The standard InChI is InChI=1S/C19H21NO4/c1-3-4-11-23-19(22)10-6-15-5-8-17(12-14(15)2)24-18-9-7-16(21)13-20-18/h5-10,12-13,21H,3-4,11H2,1-2H3/b10-6+. The predicted molar refractivity (Wildman–Crippen MR) is 92.1 cm³/mol. The molecule has 0 saturated carbocycles. The molecular weight excluding hydrogens is 306 g/mol. The van der Waals surface area contributed by atoms with E-state index in [0.717, 1.165) is 24.0 Å². The molecule has 2 aromatic rings. The summed E-state index contributed by atoms with van der Waals surface area (Å²) in [5.41, 5.74) is 1.87. The van der Waals surface area contributed by atoms with Gasteiger partial charge in [-0.3, -0.25) is 0 Å². The van der Waals surface area contributed by atoms with Gasteiger partial charge in [-0.2, -0.15) is 0 Å². The van der Waals surface area contributed by atoms with Crippen molar-refractivity contribution in [3.05, 3.63) is 53.7 Å². The summed E-state index contributed by atoms with van der Waals surface area (Å²) in [4.78, 5) is 15.5. The quantitative estimate of drug-likeness (QED) is 0.468. The monoisotopic (exact) mass is 327 g/mol. The van der Waals surface area contributed by atoms with Gasteiger partial charge in [0.05, 0.1) is 12.8 Å². The number of nitrogens with zero attached hydrogens (tertiary/aromatic N) is 1. The average Bonchev–Trinajstić information content (AvgIpc) is 2.56. The number of ether oxygens (including phenoxy) is 2. The minimum absolute atomic E-state index is 0.0878. The lowest BCUT2D eigenvalue weighted by Gasteiger charge is -2.07. The molecule has 0 saturated heterocycles. The molecular formula is C19H21NO4. The maximum atomic E-state index is 11.6. The molecule has 0 aliphatic carbocycles. The van der Waals surface area contributed by atoms with Crippen molar-refractivity contribution in [2.45, 2.75) is 26.7 Å². The second-order valence-electron chi connectivity index (χ2n) is 5.33. The summed E-state index contributed by atoms with van der Waals surface area (Å²) in [6.07, 6.45) is 6.35. The predicted octanol–water partition coefficient (Wildman–Crippen LogP) is 4.24. The van der Waals surface area contributed by atoms with Crippen LogP contribution in [0.1, 0.15) is 30.9 Å². The molecule has 5 nitrogen and oxygen atoms in total. The van der Waals surface area contributed by atoms with Gasteiger partial charge in [-0.05, 0) is 48.7 Å². The number of unbranched alkanes of at least 4 members (excludes halogenated alkanes) is 1. The molecule has 0 aliphatic heterocycles. The van der Waals surface area contributed by atoms with E-state index in [2.05, 4.69) is 4.98 Å². The molecule has 24 heavy (non-hydrogen) atoms. The first-order valence-electron chi connectivity index (χ1n) is 7.87. The molecule has 1 N–H and O–H groups in total. The van der Waals surface area contributed by atoms with E-state index in [4.69, 9.17) is 9.47 Å². The number of hydrogen-bond acceptors (Lipinski definition) is 5. The highest BCUT2D eigenvalue weighted by atomic mass is 16.5. The molecule has 0 unspecified atom stereocenters. The van der Waals surface area contributed by atoms with Crippen molar-refractivity contribution in [1.82, 2.24) is 4.98 Å². The summed E-state index contributed by atoms with van der Waals surface area (Å²) in [5, 5.41) is 9.21. The van der Waals surface area contributed by atoms with Crippen molar-refractivity contribution < 1.29 is 19.4 Å². The van der Waals surface area contributed by atoms with Gasteiger partial charge < -0.3 is 14.6 Å². The molecule has 0 radical (unpaired) electrons.